The third kappa shape index (κ3) is 1.59. The summed E-state index contributed by atoms with van der Waals surface area (Å²) in [5.74, 6) is 1.44. The summed E-state index contributed by atoms with van der Waals surface area (Å²) in [7, 11) is 0. The minimum Gasteiger partial charge on any atom is -0.380 e. The van der Waals surface area contributed by atoms with Gasteiger partial charge in [-0.3, -0.25) is 4.98 Å². The zero-order chi connectivity index (χ0) is 12.8. The summed E-state index contributed by atoms with van der Waals surface area (Å²) in [6.45, 7) is 2.18. The topological polar surface area (TPSA) is 60.7 Å². The van der Waals surface area contributed by atoms with Crippen molar-refractivity contribution in [3.05, 3.63) is 36.0 Å². The van der Waals surface area contributed by atoms with E-state index in [0.29, 0.717) is 11.6 Å². The van der Waals surface area contributed by atoms with Crippen molar-refractivity contribution in [2.45, 2.75) is 6.04 Å². The monoisotopic (exact) mass is 250 g/mol. The fraction of sp³-hybridized carbons (Fsp3) is 0.333. The fourth-order valence-corrected chi connectivity index (χ4v) is 3.18. The van der Waals surface area contributed by atoms with Crippen LogP contribution in [0.25, 0.3) is 10.9 Å². The van der Waals surface area contributed by atoms with Crippen molar-refractivity contribution in [1.82, 2.24) is 10.3 Å². The van der Waals surface area contributed by atoms with Crippen LogP contribution in [0.5, 0.6) is 0 Å². The Morgan fingerprint density at radius 3 is 2.84 bits per heavy atom. The molecule has 2 unspecified atom stereocenters. The Bertz CT molecular complexity index is 678. The lowest BCUT2D eigenvalue weighted by Gasteiger charge is -2.13. The summed E-state index contributed by atoms with van der Waals surface area (Å²) >= 11 is 0. The molecular weight excluding hydrogens is 236 g/mol. The van der Waals surface area contributed by atoms with Gasteiger partial charge in [-0.25, -0.2) is 0 Å². The SMILES string of the molecule is N#Cc1cnc2ccccc2c1NC1C2CNCC21. The van der Waals surface area contributed by atoms with Crippen molar-refractivity contribution in [3.8, 4) is 6.07 Å². The van der Waals surface area contributed by atoms with E-state index in [2.05, 4.69) is 21.7 Å². The number of nitriles is 1. The average molecular weight is 250 g/mol. The summed E-state index contributed by atoms with van der Waals surface area (Å²) in [4.78, 5) is 4.34. The van der Waals surface area contributed by atoms with E-state index in [1.165, 1.54) is 0 Å². The van der Waals surface area contributed by atoms with E-state index < -0.39 is 0 Å². The van der Waals surface area contributed by atoms with Crippen molar-refractivity contribution < 1.29 is 0 Å². The first kappa shape index (κ1) is 10.8. The Kier molecular flexibility index (Phi) is 2.23. The van der Waals surface area contributed by atoms with Crippen LogP contribution in [0.2, 0.25) is 0 Å². The lowest BCUT2D eigenvalue weighted by Crippen LogP contribution is -2.21. The third-order valence-corrected chi connectivity index (χ3v) is 4.30. The van der Waals surface area contributed by atoms with Gasteiger partial charge in [-0.15, -0.1) is 0 Å². The Balaban J connectivity index is 1.77. The molecule has 1 saturated carbocycles. The van der Waals surface area contributed by atoms with E-state index in [1.807, 2.05) is 24.3 Å². The zero-order valence-electron chi connectivity index (χ0n) is 10.4. The molecule has 4 heteroatoms. The number of rotatable bonds is 2. The molecule has 4 nitrogen and oxygen atoms in total. The van der Waals surface area contributed by atoms with Crippen LogP contribution in [0, 0.1) is 23.2 Å². The molecule has 0 spiro atoms. The first-order valence-electron chi connectivity index (χ1n) is 6.63. The number of anilines is 1. The normalized spacial score (nSPS) is 27.8. The second-order valence-electron chi connectivity index (χ2n) is 5.33. The lowest BCUT2D eigenvalue weighted by atomic mass is 10.1. The number of hydrogen-bond acceptors (Lipinski definition) is 4. The smallest absolute Gasteiger partial charge is 0.103 e. The van der Waals surface area contributed by atoms with Gasteiger partial charge in [-0.1, -0.05) is 18.2 Å². The molecule has 2 fully saturated rings. The highest BCUT2D eigenvalue weighted by atomic mass is 15.1. The van der Waals surface area contributed by atoms with E-state index in [1.54, 1.807) is 6.20 Å². The van der Waals surface area contributed by atoms with Crippen LogP contribution in [0.1, 0.15) is 5.56 Å². The van der Waals surface area contributed by atoms with Gasteiger partial charge in [0.25, 0.3) is 0 Å². The molecule has 19 heavy (non-hydrogen) atoms. The molecule has 2 aliphatic rings. The maximum Gasteiger partial charge on any atom is 0.103 e. The van der Waals surface area contributed by atoms with Gasteiger partial charge in [0.1, 0.15) is 6.07 Å². The molecule has 1 aliphatic heterocycles. The minimum absolute atomic E-state index is 0.513. The molecule has 1 aromatic heterocycles. The maximum absolute atomic E-state index is 9.27. The van der Waals surface area contributed by atoms with E-state index in [4.69, 9.17) is 0 Å². The number of piperidine rings is 1. The van der Waals surface area contributed by atoms with Gasteiger partial charge in [0.05, 0.1) is 16.8 Å². The predicted octanol–water partition coefficient (Wildman–Crippen LogP) is 1.74. The molecule has 94 valence electrons. The number of benzene rings is 1. The van der Waals surface area contributed by atoms with E-state index in [9.17, 15) is 5.26 Å². The molecule has 1 saturated heterocycles. The average Bonchev–Trinajstić information content (AvgIpc) is 2.88. The first-order chi connectivity index (χ1) is 9.38. The number of hydrogen-bond donors (Lipinski definition) is 2. The molecule has 0 amide bonds. The van der Waals surface area contributed by atoms with Gasteiger partial charge < -0.3 is 10.6 Å². The molecule has 4 rings (SSSR count). The standard InChI is InChI=1S/C15H14N4/c16-5-9-6-18-13-4-2-1-3-10(13)14(9)19-15-11-7-17-8-12(11)15/h1-4,6,11-12,15,17H,7-8H2,(H,18,19). The van der Waals surface area contributed by atoms with Crippen LogP contribution in [0.3, 0.4) is 0 Å². The maximum atomic E-state index is 9.27. The molecule has 1 aromatic carbocycles. The highest BCUT2D eigenvalue weighted by Gasteiger charge is 2.53. The quantitative estimate of drug-likeness (QED) is 0.852. The van der Waals surface area contributed by atoms with Gasteiger partial charge in [0.15, 0.2) is 0 Å². The van der Waals surface area contributed by atoms with E-state index in [-0.39, 0.29) is 0 Å². The van der Waals surface area contributed by atoms with Gasteiger partial charge >= 0.3 is 0 Å². The van der Waals surface area contributed by atoms with Crippen LogP contribution in [-0.2, 0) is 0 Å². The molecule has 2 aromatic rings. The van der Waals surface area contributed by atoms with Crippen molar-refractivity contribution in [2.75, 3.05) is 18.4 Å². The van der Waals surface area contributed by atoms with Crippen LogP contribution >= 0.6 is 0 Å². The summed E-state index contributed by atoms with van der Waals surface area (Å²) in [6, 6.07) is 10.7. The van der Waals surface area contributed by atoms with Crippen LogP contribution in [0.4, 0.5) is 5.69 Å². The van der Waals surface area contributed by atoms with Gasteiger partial charge in [-0.2, -0.15) is 5.26 Å². The van der Waals surface area contributed by atoms with Crippen molar-refractivity contribution >= 4 is 16.6 Å². The molecule has 0 radical (unpaired) electrons. The highest BCUT2D eigenvalue weighted by molar-refractivity contribution is 5.94. The van der Waals surface area contributed by atoms with Crippen molar-refractivity contribution in [1.29, 1.82) is 5.26 Å². The van der Waals surface area contributed by atoms with Crippen LogP contribution in [-0.4, -0.2) is 24.1 Å². The fourth-order valence-electron chi connectivity index (χ4n) is 3.18. The Labute approximate surface area is 111 Å². The number of aromatic nitrogens is 1. The summed E-state index contributed by atoms with van der Waals surface area (Å²) in [5.41, 5.74) is 2.53. The highest BCUT2D eigenvalue weighted by Crippen LogP contribution is 2.44. The summed E-state index contributed by atoms with van der Waals surface area (Å²) < 4.78 is 0. The Morgan fingerprint density at radius 1 is 1.26 bits per heavy atom. The number of para-hydroxylation sites is 1. The van der Waals surface area contributed by atoms with Crippen LogP contribution < -0.4 is 10.6 Å². The van der Waals surface area contributed by atoms with Crippen LogP contribution in [0.15, 0.2) is 30.5 Å². The number of nitrogens with zero attached hydrogens (tertiary/aromatic N) is 2. The molecule has 0 bridgehead atoms. The predicted molar refractivity (Wildman–Crippen MR) is 73.7 cm³/mol. The molecule has 2 heterocycles. The van der Waals surface area contributed by atoms with Gasteiger partial charge in [0.2, 0.25) is 0 Å². The van der Waals surface area contributed by atoms with E-state index in [0.717, 1.165) is 41.5 Å². The number of fused-ring (bicyclic) bond motifs is 2. The van der Waals surface area contributed by atoms with Crippen molar-refractivity contribution in [2.24, 2.45) is 11.8 Å². The third-order valence-electron chi connectivity index (χ3n) is 4.30. The molecular formula is C15H14N4. The summed E-state index contributed by atoms with van der Waals surface area (Å²) in [5, 5.41) is 17.3. The first-order valence-corrected chi connectivity index (χ1v) is 6.63. The van der Waals surface area contributed by atoms with E-state index >= 15 is 0 Å². The molecule has 2 atom stereocenters. The number of nitrogens with one attached hydrogen (secondary N) is 2. The largest absolute Gasteiger partial charge is 0.380 e. The minimum atomic E-state index is 0.513. The lowest BCUT2D eigenvalue weighted by molar-refractivity contribution is 0.697. The Morgan fingerprint density at radius 2 is 2.05 bits per heavy atom. The second-order valence-corrected chi connectivity index (χ2v) is 5.33. The Hall–Kier alpha value is -2.12. The molecule has 2 N–H and O–H groups in total. The van der Waals surface area contributed by atoms with Crippen molar-refractivity contribution in [3.63, 3.8) is 0 Å². The zero-order valence-corrected chi connectivity index (χ0v) is 10.4. The second kappa shape index (κ2) is 3.94. The number of pyridine rings is 1. The summed E-state index contributed by atoms with van der Waals surface area (Å²) in [6.07, 6.45) is 1.67. The van der Waals surface area contributed by atoms with Gasteiger partial charge in [0, 0.05) is 30.7 Å². The van der Waals surface area contributed by atoms with Gasteiger partial charge in [-0.05, 0) is 17.9 Å². The molecule has 1 aliphatic carbocycles.